The molecule has 5 heteroatoms. The van der Waals surface area contributed by atoms with Crippen molar-refractivity contribution in [2.24, 2.45) is 11.7 Å². The van der Waals surface area contributed by atoms with Gasteiger partial charge in [-0.3, -0.25) is 4.79 Å². The van der Waals surface area contributed by atoms with Crippen LogP contribution in [0.5, 0.6) is 0 Å². The zero-order valence-corrected chi connectivity index (χ0v) is 14.9. The molecule has 132 valence electrons. The number of halogens is 1. The Balaban J connectivity index is 1.55. The van der Waals surface area contributed by atoms with E-state index >= 15 is 0 Å². The lowest BCUT2D eigenvalue weighted by Gasteiger charge is -2.15. The number of hydrogen-bond acceptors (Lipinski definition) is 3. The number of amides is 1. The van der Waals surface area contributed by atoms with E-state index in [2.05, 4.69) is 22.8 Å². The molecule has 25 heavy (non-hydrogen) atoms. The van der Waals surface area contributed by atoms with Gasteiger partial charge >= 0.3 is 0 Å². The van der Waals surface area contributed by atoms with E-state index in [4.69, 9.17) is 17.3 Å². The van der Waals surface area contributed by atoms with Gasteiger partial charge < -0.3 is 16.4 Å². The van der Waals surface area contributed by atoms with E-state index in [0.29, 0.717) is 29.6 Å². The molecule has 1 fully saturated rings. The molecular formula is C20H24ClN3O. The summed E-state index contributed by atoms with van der Waals surface area (Å²) < 4.78 is 0. The fourth-order valence-electron chi connectivity index (χ4n) is 3.30. The number of carbonyl (C=O) groups excluding carboxylic acids is 1. The smallest absolute Gasteiger partial charge is 0.224 e. The van der Waals surface area contributed by atoms with Gasteiger partial charge in [0.25, 0.3) is 0 Å². The normalized spacial score (nSPS) is 19.6. The van der Waals surface area contributed by atoms with Crippen LogP contribution in [0.15, 0.2) is 48.5 Å². The van der Waals surface area contributed by atoms with Crippen LogP contribution in [0.4, 0.5) is 11.4 Å². The summed E-state index contributed by atoms with van der Waals surface area (Å²) in [7, 11) is 0. The van der Waals surface area contributed by atoms with Crippen LogP contribution >= 0.6 is 11.6 Å². The molecule has 4 N–H and O–H groups in total. The quantitative estimate of drug-likeness (QED) is 0.717. The predicted octanol–water partition coefficient (Wildman–Crippen LogP) is 4.41. The first-order chi connectivity index (χ1) is 12.1. The second kappa shape index (κ2) is 8.37. The zero-order valence-electron chi connectivity index (χ0n) is 14.2. The third-order valence-corrected chi connectivity index (χ3v) is 5.06. The first-order valence-electron chi connectivity index (χ1n) is 8.74. The Hall–Kier alpha value is -2.04. The van der Waals surface area contributed by atoms with E-state index in [0.717, 1.165) is 24.9 Å². The van der Waals surface area contributed by atoms with Gasteiger partial charge in [0.05, 0.1) is 10.7 Å². The van der Waals surface area contributed by atoms with Crippen molar-refractivity contribution in [2.75, 3.05) is 10.6 Å². The van der Waals surface area contributed by atoms with Crippen LogP contribution in [0, 0.1) is 5.92 Å². The van der Waals surface area contributed by atoms with E-state index < -0.39 is 0 Å². The topological polar surface area (TPSA) is 67.2 Å². The van der Waals surface area contributed by atoms with Gasteiger partial charge in [-0.25, -0.2) is 0 Å². The number of nitrogens with one attached hydrogen (secondary N) is 2. The van der Waals surface area contributed by atoms with Crippen molar-refractivity contribution in [1.82, 2.24) is 0 Å². The Morgan fingerprint density at radius 3 is 2.64 bits per heavy atom. The van der Waals surface area contributed by atoms with Gasteiger partial charge in [0.2, 0.25) is 5.91 Å². The van der Waals surface area contributed by atoms with Crippen LogP contribution in [-0.4, -0.2) is 11.9 Å². The molecule has 2 atom stereocenters. The standard InChI is InChI=1S/C20H24ClN3O/c21-17-12-16(24-20(25)11-15-7-4-8-18(15)22)9-10-19(17)23-13-14-5-2-1-3-6-14/h1-3,5-6,9-10,12,15,18,23H,4,7-8,11,13,22H2,(H,24,25)/t15-,18+/m0/s1. The monoisotopic (exact) mass is 357 g/mol. The summed E-state index contributed by atoms with van der Waals surface area (Å²) in [6.45, 7) is 0.700. The van der Waals surface area contributed by atoms with E-state index in [1.165, 1.54) is 5.56 Å². The Kier molecular flexibility index (Phi) is 5.95. The minimum Gasteiger partial charge on any atom is -0.380 e. The predicted molar refractivity (Wildman–Crippen MR) is 104 cm³/mol. The summed E-state index contributed by atoms with van der Waals surface area (Å²) in [6.07, 6.45) is 3.66. The van der Waals surface area contributed by atoms with Crippen LogP contribution < -0.4 is 16.4 Å². The second-order valence-corrected chi connectivity index (χ2v) is 7.05. The highest BCUT2D eigenvalue weighted by Gasteiger charge is 2.26. The Morgan fingerprint density at radius 2 is 1.96 bits per heavy atom. The lowest BCUT2D eigenvalue weighted by Crippen LogP contribution is -2.28. The van der Waals surface area contributed by atoms with Gasteiger partial charge in [-0.1, -0.05) is 48.4 Å². The molecule has 4 nitrogen and oxygen atoms in total. The highest BCUT2D eigenvalue weighted by molar-refractivity contribution is 6.33. The molecule has 1 aliphatic carbocycles. The molecule has 3 rings (SSSR count). The number of nitrogens with two attached hydrogens (primary N) is 1. The number of hydrogen-bond donors (Lipinski definition) is 3. The maximum atomic E-state index is 12.2. The minimum atomic E-state index is 0.00316. The summed E-state index contributed by atoms with van der Waals surface area (Å²) in [5.41, 5.74) is 8.78. The fourth-order valence-corrected chi connectivity index (χ4v) is 3.55. The third-order valence-electron chi connectivity index (χ3n) is 4.74. The summed E-state index contributed by atoms with van der Waals surface area (Å²) in [5, 5.41) is 6.83. The largest absolute Gasteiger partial charge is 0.380 e. The van der Waals surface area contributed by atoms with Crippen molar-refractivity contribution in [3.05, 3.63) is 59.1 Å². The molecule has 2 aromatic carbocycles. The molecule has 0 radical (unpaired) electrons. The molecule has 0 aliphatic heterocycles. The summed E-state index contributed by atoms with van der Waals surface area (Å²) in [4.78, 5) is 12.2. The van der Waals surface area contributed by atoms with Crippen molar-refractivity contribution in [2.45, 2.75) is 38.3 Å². The van der Waals surface area contributed by atoms with Gasteiger partial charge in [0.15, 0.2) is 0 Å². The lowest BCUT2D eigenvalue weighted by molar-refractivity contribution is -0.117. The van der Waals surface area contributed by atoms with Crippen molar-refractivity contribution in [3.63, 3.8) is 0 Å². The maximum Gasteiger partial charge on any atom is 0.224 e. The molecule has 0 spiro atoms. The second-order valence-electron chi connectivity index (χ2n) is 6.64. The lowest BCUT2D eigenvalue weighted by atomic mass is 10.00. The van der Waals surface area contributed by atoms with E-state index in [-0.39, 0.29) is 11.9 Å². The maximum absolute atomic E-state index is 12.2. The first kappa shape index (κ1) is 17.8. The Morgan fingerprint density at radius 1 is 1.16 bits per heavy atom. The van der Waals surface area contributed by atoms with Crippen molar-refractivity contribution in [1.29, 1.82) is 0 Å². The number of rotatable bonds is 6. The number of carbonyl (C=O) groups is 1. The van der Waals surface area contributed by atoms with Crippen LogP contribution in [0.25, 0.3) is 0 Å². The average Bonchev–Trinajstić information content (AvgIpc) is 3.00. The molecule has 0 bridgehead atoms. The van der Waals surface area contributed by atoms with Crippen LogP contribution in [0.3, 0.4) is 0 Å². The number of benzene rings is 2. The summed E-state index contributed by atoms with van der Waals surface area (Å²) >= 11 is 6.34. The Labute approximate surface area is 153 Å². The molecule has 0 aromatic heterocycles. The molecule has 0 saturated heterocycles. The minimum absolute atomic E-state index is 0.00316. The number of anilines is 2. The van der Waals surface area contributed by atoms with Gasteiger partial charge in [0, 0.05) is 24.7 Å². The zero-order chi connectivity index (χ0) is 17.6. The molecule has 1 aliphatic rings. The molecule has 0 heterocycles. The molecular weight excluding hydrogens is 334 g/mol. The molecule has 1 amide bonds. The fraction of sp³-hybridized carbons (Fsp3) is 0.350. The van der Waals surface area contributed by atoms with E-state index in [1.807, 2.05) is 30.3 Å². The summed E-state index contributed by atoms with van der Waals surface area (Å²) in [5.74, 6) is 0.297. The van der Waals surface area contributed by atoms with Gasteiger partial charge in [-0.15, -0.1) is 0 Å². The van der Waals surface area contributed by atoms with Gasteiger partial charge in [0.1, 0.15) is 0 Å². The van der Waals surface area contributed by atoms with Crippen LogP contribution in [0.2, 0.25) is 5.02 Å². The first-order valence-corrected chi connectivity index (χ1v) is 9.12. The SMILES string of the molecule is N[C@@H]1CCC[C@H]1CC(=O)Nc1ccc(NCc2ccccc2)c(Cl)c1. The van der Waals surface area contributed by atoms with E-state index in [9.17, 15) is 4.79 Å². The molecule has 2 aromatic rings. The van der Waals surface area contributed by atoms with Crippen molar-refractivity contribution < 1.29 is 4.79 Å². The van der Waals surface area contributed by atoms with Gasteiger partial charge in [-0.2, -0.15) is 0 Å². The third kappa shape index (κ3) is 4.97. The highest BCUT2D eigenvalue weighted by Crippen LogP contribution is 2.29. The summed E-state index contributed by atoms with van der Waals surface area (Å²) in [6, 6.07) is 15.8. The van der Waals surface area contributed by atoms with Crippen molar-refractivity contribution >= 4 is 28.9 Å². The average molecular weight is 358 g/mol. The van der Waals surface area contributed by atoms with Crippen LogP contribution in [-0.2, 0) is 11.3 Å². The molecule has 0 unspecified atom stereocenters. The Bertz CT molecular complexity index is 720. The van der Waals surface area contributed by atoms with E-state index in [1.54, 1.807) is 6.07 Å². The highest BCUT2D eigenvalue weighted by atomic mass is 35.5. The van der Waals surface area contributed by atoms with Gasteiger partial charge in [-0.05, 0) is 42.5 Å². The van der Waals surface area contributed by atoms with Crippen LogP contribution in [0.1, 0.15) is 31.2 Å². The molecule has 1 saturated carbocycles. The van der Waals surface area contributed by atoms with Crippen molar-refractivity contribution in [3.8, 4) is 0 Å².